The highest BCUT2D eigenvalue weighted by molar-refractivity contribution is 5.85. The van der Waals surface area contributed by atoms with Gasteiger partial charge in [-0.25, -0.2) is 9.97 Å². The molecule has 17 heavy (non-hydrogen) atoms. The number of rotatable bonds is 5. The number of aromatic nitrogens is 4. The first-order chi connectivity index (χ1) is 8.18. The van der Waals surface area contributed by atoms with E-state index in [-0.39, 0.29) is 6.10 Å². The molecule has 92 valence electrons. The van der Waals surface area contributed by atoms with Gasteiger partial charge in [-0.05, 0) is 19.8 Å². The van der Waals surface area contributed by atoms with E-state index in [9.17, 15) is 0 Å². The third-order valence-electron chi connectivity index (χ3n) is 2.62. The average Bonchev–Trinajstić information content (AvgIpc) is 2.67. The molecule has 2 heterocycles. The van der Waals surface area contributed by atoms with E-state index in [0.717, 1.165) is 36.2 Å². The number of nitrogens with one attached hydrogen (secondary N) is 1. The Morgan fingerprint density at radius 2 is 2.29 bits per heavy atom. The third-order valence-corrected chi connectivity index (χ3v) is 2.62. The van der Waals surface area contributed by atoms with Gasteiger partial charge >= 0.3 is 0 Å². The molecule has 2 aromatic rings. The van der Waals surface area contributed by atoms with Crippen molar-refractivity contribution in [3.8, 4) is 0 Å². The zero-order valence-corrected chi connectivity index (χ0v) is 10.1. The number of aliphatic hydroxyl groups is 1. The van der Waals surface area contributed by atoms with Crippen LogP contribution in [0.5, 0.6) is 0 Å². The summed E-state index contributed by atoms with van der Waals surface area (Å²) < 4.78 is 1.72. The summed E-state index contributed by atoms with van der Waals surface area (Å²) in [4.78, 5) is 8.37. The second-order valence-electron chi connectivity index (χ2n) is 4.15. The molecular weight excluding hydrogens is 218 g/mol. The van der Waals surface area contributed by atoms with Crippen LogP contribution in [-0.4, -0.2) is 37.5 Å². The monoisotopic (exact) mass is 235 g/mol. The van der Waals surface area contributed by atoms with Gasteiger partial charge < -0.3 is 10.4 Å². The largest absolute Gasteiger partial charge is 0.393 e. The summed E-state index contributed by atoms with van der Waals surface area (Å²) in [6.07, 6.45) is 4.73. The van der Waals surface area contributed by atoms with Crippen LogP contribution in [-0.2, 0) is 7.05 Å². The third kappa shape index (κ3) is 2.71. The van der Waals surface area contributed by atoms with Gasteiger partial charge in [0.1, 0.15) is 12.1 Å². The Morgan fingerprint density at radius 3 is 3.06 bits per heavy atom. The van der Waals surface area contributed by atoms with Crippen LogP contribution >= 0.6 is 0 Å². The predicted octanol–water partition coefficient (Wildman–Crippen LogP) is 0.936. The molecule has 0 aliphatic heterocycles. The van der Waals surface area contributed by atoms with Crippen molar-refractivity contribution in [3.05, 3.63) is 12.5 Å². The molecule has 0 aliphatic carbocycles. The fraction of sp³-hybridized carbons (Fsp3) is 0.545. The fourth-order valence-corrected chi connectivity index (χ4v) is 1.71. The topological polar surface area (TPSA) is 75.9 Å². The Morgan fingerprint density at radius 1 is 1.47 bits per heavy atom. The number of hydrogen-bond acceptors (Lipinski definition) is 5. The van der Waals surface area contributed by atoms with Crippen molar-refractivity contribution >= 4 is 16.9 Å². The number of hydrogen-bond donors (Lipinski definition) is 2. The lowest BCUT2D eigenvalue weighted by Crippen LogP contribution is -2.08. The first-order valence-corrected chi connectivity index (χ1v) is 5.73. The van der Waals surface area contributed by atoms with E-state index in [1.54, 1.807) is 17.8 Å². The summed E-state index contributed by atoms with van der Waals surface area (Å²) in [7, 11) is 1.85. The molecule has 0 bridgehead atoms. The van der Waals surface area contributed by atoms with Gasteiger partial charge in [0.25, 0.3) is 0 Å². The summed E-state index contributed by atoms with van der Waals surface area (Å²) in [5.74, 6) is 0.800. The summed E-state index contributed by atoms with van der Waals surface area (Å²) in [5, 5.41) is 17.5. The number of anilines is 1. The highest BCUT2D eigenvalue weighted by Crippen LogP contribution is 2.17. The number of nitrogens with zero attached hydrogens (tertiary/aromatic N) is 4. The van der Waals surface area contributed by atoms with Gasteiger partial charge in [0.15, 0.2) is 5.65 Å². The van der Waals surface area contributed by atoms with E-state index in [0.29, 0.717) is 0 Å². The molecule has 1 unspecified atom stereocenters. The maximum absolute atomic E-state index is 9.16. The summed E-state index contributed by atoms with van der Waals surface area (Å²) in [6.45, 7) is 2.58. The van der Waals surface area contributed by atoms with Crippen LogP contribution in [0.4, 0.5) is 5.82 Å². The van der Waals surface area contributed by atoms with Crippen molar-refractivity contribution in [1.29, 1.82) is 0 Å². The molecular formula is C11H17N5O. The van der Waals surface area contributed by atoms with E-state index in [1.807, 2.05) is 7.05 Å². The molecule has 1 atom stereocenters. The van der Waals surface area contributed by atoms with Gasteiger partial charge in [0.2, 0.25) is 0 Å². The Labute approximate surface area is 99.7 Å². The first-order valence-electron chi connectivity index (χ1n) is 5.73. The lowest BCUT2D eigenvalue weighted by Gasteiger charge is -2.07. The van der Waals surface area contributed by atoms with Crippen LogP contribution in [0.2, 0.25) is 0 Å². The fourth-order valence-electron chi connectivity index (χ4n) is 1.71. The number of aryl methyl sites for hydroxylation is 1. The maximum atomic E-state index is 9.16. The second kappa shape index (κ2) is 5.09. The average molecular weight is 235 g/mol. The van der Waals surface area contributed by atoms with Crippen LogP contribution in [0.25, 0.3) is 11.0 Å². The minimum Gasteiger partial charge on any atom is -0.393 e. The van der Waals surface area contributed by atoms with E-state index in [4.69, 9.17) is 5.11 Å². The lowest BCUT2D eigenvalue weighted by atomic mass is 10.2. The molecule has 0 radical (unpaired) electrons. The predicted molar refractivity (Wildman–Crippen MR) is 65.7 cm³/mol. The first kappa shape index (κ1) is 11.8. The van der Waals surface area contributed by atoms with Gasteiger partial charge in [0, 0.05) is 13.6 Å². The molecule has 0 fully saturated rings. The Hall–Kier alpha value is -1.69. The van der Waals surface area contributed by atoms with Crippen molar-refractivity contribution in [2.24, 2.45) is 7.05 Å². The van der Waals surface area contributed by atoms with E-state index >= 15 is 0 Å². The highest BCUT2D eigenvalue weighted by Gasteiger charge is 2.06. The molecule has 0 spiro atoms. The van der Waals surface area contributed by atoms with E-state index in [2.05, 4.69) is 20.4 Å². The lowest BCUT2D eigenvalue weighted by molar-refractivity contribution is 0.183. The van der Waals surface area contributed by atoms with Gasteiger partial charge in [-0.3, -0.25) is 4.68 Å². The van der Waals surface area contributed by atoms with Crippen LogP contribution in [0.15, 0.2) is 12.5 Å². The van der Waals surface area contributed by atoms with Gasteiger partial charge in [-0.15, -0.1) is 0 Å². The minimum atomic E-state index is -0.249. The zero-order valence-electron chi connectivity index (χ0n) is 10.1. The van der Waals surface area contributed by atoms with E-state index < -0.39 is 0 Å². The minimum absolute atomic E-state index is 0.249. The molecule has 0 aliphatic rings. The molecule has 6 heteroatoms. The van der Waals surface area contributed by atoms with Crippen LogP contribution in [0.1, 0.15) is 19.8 Å². The van der Waals surface area contributed by atoms with Gasteiger partial charge in [-0.1, -0.05) is 0 Å². The summed E-state index contributed by atoms with van der Waals surface area (Å²) in [5.41, 5.74) is 0.818. The SMILES string of the molecule is CC(O)CCCNc1ncnc2c1cnn2C. The smallest absolute Gasteiger partial charge is 0.163 e. The Bertz CT molecular complexity index is 494. The van der Waals surface area contributed by atoms with Crippen molar-refractivity contribution in [2.45, 2.75) is 25.9 Å². The number of fused-ring (bicyclic) bond motifs is 1. The summed E-state index contributed by atoms with van der Waals surface area (Å²) in [6, 6.07) is 0. The highest BCUT2D eigenvalue weighted by atomic mass is 16.3. The van der Waals surface area contributed by atoms with Gasteiger partial charge in [0.05, 0.1) is 17.7 Å². The maximum Gasteiger partial charge on any atom is 0.163 e. The van der Waals surface area contributed by atoms with Crippen molar-refractivity contribution in [1.82, 2.24) is 19.7 Å². The molecule has 0 saturated carbocycles. The normalized spacial score (nSPS) is 12.9. The van der Waals surface area contributed by atoms with Crippen molar-refractivity contribution in [3.63, 3.8) is 0 Å². The molecule has 2 aromatic heterocycles. The van der Waals surface area contributed by atoms with Crippen molar-refractivity contribution < 1.29 is 5.11 Å². The van der Waals surface area contributed by atoms with Crippen LogP contribution < -0.4 is 5.32 Å². The van der Waals surface area contributed by atoms with E-state index in [1.165, 1.54) is 6.33 Å². The zero-order chi connectivity index (χ0) is 12.3. The Kier molecular flexibility index (Phi) is 3.53. The van der Waals surface area contributed by atoms with Crippen LogP contribution in [0.3, 0.4) is 0 Å². The molecule has 0 aromatic carbocycles. The Balaban J connectivity index is 2.03. The second-order valence-corrected chi connectivity index (χ2v) is 4.15. The molecule has 2 rings (SSSR count). The molecule has 0 saturated heterocycles. The van der Waals surface area contributed by atoms with Gasteiger partial charge in [-0.2, -0.15) is 5.10 Å². The molecule has 0 amide bonds. The standard InChI is InChI=1S/C11H17N5O/c1-8(17)4-3-5-12-10-9-6-15-16(2)11(9)14-7-13-10/h6-8,17H,3-5H2,1-2H3,(H,12,13,14). The molecule has 6 nitrogen and oxygen atoms in total. The number of aliphatic hydroxyl groups excluding tert-OH is 1. The summed E-state index contributed by atoms with van der Waals surface area (Å²) >= 11 is 0. The van der Waals surface area contributed by atoms with Crippen molar-refractivity contribution in [2.75, 3.05) is 11.9 Å². The van der Waals surface area contributed by atoms with Crippen LogP contribution in [0, 0.1) is 0 Å². The molecule has 2 N–H and O–H groups in total. The quantitative estimate of drug-likeness (QED) is 0.754.